The first-order valence-electron chi connectivity index (χ1n) is 6.30. The molecule has 2 nitrogen and oxygen atoms in total. The van der Waals surface area contributed by atoms with Gasteiger partial charge in [0.25, 0.3) is 0 Å². The fourth-order valence-corrected chi connectivity index (χ4v) is 3.08. The van der Waals surface area contributed by atoms with Crippen molar-refractivity contribution in [1.29, 1.82) is 0 Å². The maximum Gasteiger partial charge on any atom is 0.0233 e. The molecule has 0 radical (unpaired) electrons. The Morgan fingerprint density at radius 1 is 1.31 bits per heavy atom. The Morgan fingerprint density at radius 2 is 2.06 bits per heavy atom. The zero-order valence-electron chi connectivity index (χ0n) is 9.73. The summed E-state index contributed by atoms with van der Waals surface area (Å²) in [5.41, 5.74) is 7.98. The van der Waals surface area contributed by atoms with Gasteiger partial charge in [0, 0.05) is 19.1 Å². The van der Waals surface area contributed by atoms with Gasteiger partial charge in [-0.05, 0) is 36.8 Å². The molecule has 0 unspecified atom stereocenters. The van der Waals surface area contributed by atoms with Crippen molar-refractivity contribution in [2.24, 2.45) is 11.1 Å². The lowest BCUT2D eigenvalue weighted by Crippen LogP contribution is -2.38. The van der Waals surface area contributed by atoms with Crippen LogP contribution in [0.3, 0.4) is 0 Å². The molecule has 2 heteroatoms. The van der Waals surface area contributed by atoms with E-state index >= 15 is 0 Å². The Kier molecular flexibility index (Phi) is 2.49. The molecule has 1 aliphatic carbocycles. The lowest BCUT2D eigenvalue weighted by molar-refractivity contribution is 0.150. The summed E-state index contributed by atoms with van der Waals surface area (Å²) in [6.07, 6.45) is 3.91. The molecule has 2 fully saturated rings. The van der Waals surface area contributed by atoms with Crippen molar-refractivity contribution in [2.75, 3.05) is 13.1 Å². The molecule has 2 N–H and O–H groups in total. The molecular weight excluding hydrogens is 196 g/mol. The first-order valence-corrected chi connectivity index (χ1v) is 6.30. The molecule has 1 saturated carbocycles. The van der Waals surface area contributed by atoms with E-state index in [0.29, 0.717) is 11.5 Å². The highest BCUT2D eigenvalue weighted by molar-refractivity contribution is 5.16. The highest BCUT2D eigenvalue weighted by Gasteiger charge is 2.53. The van der Waals surface area contributed by atoms with Gasteiger partial charge in [-0.2, -0.15) is 0 Å². The lowest BCUT2D eigenvalue weighted by Gasteiger charge is -2.33. The van der Waals surface area contributed by atoms with Crippen molar-refractivity contribution in [1.82, 2.24) is 4.90 Å². The second-order valence-electron chi connectivity index (χ2n) is 5.47. The summed E-state index contributed by atoms with van der Waals surface area (Å²) in [6.45, 7) is 3.54. The van der Waals surface area contributed by atoms with E-state index in [-0.39, 0.29) is 0 Å². The molecule has 1 aliphatic heterocycles. The van der Waals surface area contributed by atoms with Gasteiger partial charge in [-0.1, -0.05) is 30.3 Å². The first kappa shape index (κ1) is 10.3. The highest BCUT2D eigenvalue weighted by atomic mass is 15.2. The van der Waals surface area contributed by atoms with Gasteiger partial charge in [0.05, 0.1) is 0 Å². The van der Waals surface area contributed by atoms with Crippen LogP contribution in [0.2, 0.25) is 0 Å². The largest absolute Gasteiger partial charge is 0.327 e. The zero-order chi connectivity index (χ0) is 11.0. The summed E-state index contributed by atoms with van der Waals surface area (Å²) in [7, 11) is 0. The molecule has 16 heavy (non-hydrogen) atoms. The first-order chi connectivity index (χ1) is 7.78. The van der Waals surface area contributed by atoms with Gasteiger partial charge < -0.3 is 5.73 Å². The average Bonchev–Trinajstić information content (AvgIpc) is 2.89. The minimum Gasteiger partial charge on any atom is -0.327 e. The molecule has 3 rings (SSSR count). The maximum atomic E-state index is 6.06. The Hall–Kier alpha value is -0.860. The average molecular weight is 216 g/mol. The number of nitrogens with zero attached hydrogens (tertiary/aromatic N) is 1. The summed E-state index contributed by atoms with van der Waals surface area (Å²) < 4.78 is 0. The Morgan fingerprint density at radius 3 is 2.75 bits per heavy atom. The molecule has 1 saturated heterocycles. The topological polar surface area (TPSA) is 29.3 Å². The second-order valence-corrected chi connectivity index (χ2v) is 5.47. The van der Waals surface area contributed by atoms with E-state index in [1.54, 1.807) is 0 Å². The number of hydrogen-bond acceptors (Lipinski definition) is 2. The van der Waals surface area contributed by atoms with Crippen molar-refractivity contribution >= 4 is 0 Å². The van der Waals surface area contributed by atoms with Crippen molar-refractivity contribution < 1.29 is 0 Å². The van der Waals surface area contributed by atoms with Crippen molar-refractivity contribution in [3.8, 4) is 0 Å². The van der Waals surface area contributed by atoms with Crippen LogP contribution in [0, 0.1) is 5.41 Å². The molecule has 1 heterocycles. The minimum absolute atomic E-state index is 0.478. The lowest BCUT2D eigenvalue weighted by atomic mass is 9.94. The number of benzene rings is 1. The molecule has 1 aromatic carbocycles. The quantitative estimate of drug-likeness (QED) is 0.819. The normalized spacial score (nSPS) is 34.2. The maximum absolute atomic E-state index is 6.06. The number of rotatable bonds is 2. The van der Waals surface area contributed by atoms with Gasteiger partial charge in [0.15, 0.2) is 0 Å². The summed E-state index contributed by atoms with van der Waals surface area (Å²) >= 11 is 0. The van der Waals surface area contributed by atoms with Gasteiger partial charge in [0.2, 0.25) is 0 Å². The third kappa shape index (κ3) is 1.87. The fraction of sp³-hybridized carbons (Fsp3) is 0.571. The second kappa shape index (κ2) is 3.86. The molecule has 0 aromatic heterocycles. The van der Waals surface area contributed by atoms with E-state index in [1.165, 1.54) is 37.9 Å². The molecule has 86 valence electrons. The molecule has 2 aliphatic rings. The van der Waals surface area contributed by atoms with Gasteiger partial charge in [-0.3, -0.25) is 4.90 Å². The van der Waals surface area contributed by atoms with Gasteiger partial charge in [-0.25, -0.2) is 0 Å². The SMILES string of the molecule is N[C@H]1C[C@@]12CCCN(Cc1ccccc1)C2. The van der Waals surface area contributed by atoms with E-state index in [9.17, 15) is 0 Å². The van der Waals surface area contributed by atoms with Crippen molar-refractivity contribution in [3.63, 3.8) is 0 Å². The molecule has 2 atom stereocenters. The Labute approximate surface area is 97.4 Å². The summed E-state index contributed by atoms with van der Waals surface area (Å²) in [5, 5.41) is 0. The summed E-state index contributed by atoms with van der Waals surface area (Å²) in [6, 6.07) is 11.2. The van der Waals surface area contributed by atoms with Gasteiger partial charge >= 0.3 is 0 Å². The van der Waals surface area contributed by atoms with E-state index < -0.39 is 0 Å². The number of hydrogen-bond donors (Lipinski definition) is 1. The molecule has 0 bridgehead atoms. The van der Waals surface area contributed by atoms with Crippen LogP contribution < -0.4 is 5.73 Å². The molecular formula is C14H20N2. The summed E-state index contributed by atoms with van der Waals surface area (Å²) in [4.78, 5) is 2.58. The van der Waals surface area contributed by atoms with Crippen LogP contribution in [0.1, 0.15) is 24.8 Å². The van der Waals surface area contributed by atoms with Crippen LogP contribution in [0.5, 0.6) is 0 Å². The van der Waals surface area contributed by atoms with Gasteiger partial charge in [-0.15, -0.1) is 0 Å². The van der Waals surface area contributed by atoms with Crippen molar-refractivity contribution in [2.45, 2.75) is 31.8 Å². The van der Waals surface area contributed by atoms with E-state index in [1.807, 2.05) is 0 Å². The number of likely N-dealkylation sites (tertiary alicyclic amines) is 1. The Bertz CT molecular complexity index is 362. The third-order valence-corrected chi connectivity index (χ3v) is 4.19. The molecule has 0 amide bonds. The highest BCUT2D eigenvalue weighted by Crippen LogP contribution is 2.51. The molecule has 1 spiro atoms. The van der Waals surface area contributed by atoms with Crippen LogP contribution in [-0.2, 0) is 6.54 Å². The number of nitrogens with two attached hydrogens (primary N) is 1. The standard InChI is InChI=1S/C14H20N2/c15-13-9-14(13)7-4-8-16(11-14)10-12-5-2-1-3-6-12/h1-3,5-6,13H,4,7-11,15H2/t13-,14+/m0/s1. The van der Waals surface area contributed by atoms with Crippen LogP contribution in [0.25, 0.3) is 0 Å². The predicted molar refractivity (Wildman–Crippen MR) is 66.0 cm³/mol. The van der Waals surface area contributed by atoms with Crippen molar-refractivity contribution in [3.05, 3.63) is 35.9 Å². The Balaban J connectivity index is 1.64. The summed E-state index contributed by atoms with van der Waals surface area (Å²) in [5.74, 6) is 0. The fourth-order valence-electron chi connectivity index (χ4n) is 3.08. The number of piperidine rings is 1. The van der Waals surface area contributed by atoms with E-state index in [0.717, 1.165) is 6.54 Å². The zero-order valence-corrected chi connectivity index (χ0v) is 9.73. The van der Waals surface area contributed by atoms with Crippen LogP contribution in [0.15, 0.2) is 30.3 Å². The van der Waals surface area contributed by atoms with Gasteiger partial charge in [0.1, 0.15) is 0 Å². The van der Waals surface area contributed by atoms with E-state index in [4.69, 9.17) is 5.73 Å². The molecule has 1 aromatic rings. The van der Waals surface area contributed by atoms with Crippen LogP contribution in [0.4, 0.5) is 0 Å². The smallest absolute Gasteiger partial charge is 0.0233 e. The predicted octanol–water partition coefficient (Wildman–Crippen LogP) is 2.00. The van der Waals surface area contributed by atoms with Crippen LogP contribution in [-0.4, -0.2) is 24.0 Å². The van der Waals surface area contributed by atoms with E-state index in [2.05, 4.69) is 35.2 Å². The minimum atomic E-state index is 0.478. The van der Waals surface area contributed by atoms with Crippen LogP contribution >= 0.6 is 0 Å². The monoisotopic (exact) mass is 216 g/mol. The third-order valence-electron chi connectivity index (χ3n) is 4.19.